The Morgan fingerprint density at radius 2 is 1.58 bits per heavy atom. The first-order valence-electron chi connectivity index (χ1n) is 10.3. The van der Waals surface area contributed by atoms with E-state index in [2.05, 4.69) is 9.80 Å². The van der Waals surface area contributed by atoms with Gasteiger partial charge in [0.2, 0.25) is 0 Å². The van der Waals surface area contributed by atoms with Crippen LogP contribution in [-0.4, -0.2) is 35.6 Å². The van der Waals surface area contributed by atoms with Crippen LogP contribution in [0.1, 0.15) is 22.5 Å². The molecule has 2 heterocycles. The molecule has 2 aromatic carbocycles. The standard InChI is InChI=1S/C24H25F4N3/c1-17-14-19(18(2)31(17)21-7-5-6-20(15-21)24(26,27)28)16-29-10-12-30(13-11-29)23-9-4-3-8-22(23)25/h3-9,14-15H,10-13,16H2,1-2H3. The molecule has 0 bridgehead atoms. The Balaban J connectivity index is 1.49. The van der Waals surface area contributed by atoms with Gasteiger partial charge in [-0.3, -0.25) is 4.90 Å². The van der Waals surface area contributed by atoms with Gasteiger partial charge in [-0.25, -0.2) is 4.39 Å². The lowest BCUT2D eigenvalue weighted by Crippen LogP contribution is -2.46. The number of alkyl halides is 3. The number of nitrogens with zero attached hydrogens (tertiary/aromatic N) is 3. The van der Waals surface area contributed by atoms with Gasteiger partial charge in [0, 0.05) is 49.8 Å². The van der Waals surface area contributed by atoms with Gasteiger partial charge in [-0.05, 0) is 55.8 Å². The number of aromatic nitrogens is 1. The normalized spacial score (nSPS) is 15.5. The zero-order valence-electron chi connectivity index (χ0n) is 17.6. The molecule has 0 spiro atoms. The Morgan fingerprint density at radius 3 is 2.26 bits per heavy atom. The zero-order chi connectivity index (χ0) is 22.2. The smallest absolute Gasteiger partial charge is 0.367 e. The van der Waals surface area contributed by atoms with Crippen LogP contribution in [0.4, 0.5) is 23.2 Å². The summed E-state index contributed by atoms with van der Waals surface area (Å²) in [5.74, 6) is -0.208. The van der Waals surface area contributed by atoms with Crippen molar-refractivity contribution in [3.63, 3.8) is 0 Å². The fourth-order valence-corrected chi connectivity index (χ4v) is 4.30. The molecule has 0 amide bonds. The van der Waals surface area contributed by atoms with E-state index in [1.54, 1.807) is 18.2 Å². The highest BCUT2D eigenvalue weighted by atomic mass is 19.4. The molecular weight excluding hydrogens is 406 g/mol. The molecule has 1 aliphatic rings. The lowest BCUT2D eigenvalue weighted by Gasteiger charge is -2.36. The van der Waals surface area contributed by atoms with E-state index in [0.29, 0.717) is 17.9 Å². The van der Waals surface area contributed by atoms with Crippen molar-refractivity contribution in [2.75, 3.05) is 31.1 Å². The summed E-state index contributed by atoms with van der Waals surface area (Å²) in [5, 5.41) is 0. The molecular formula is C24H25F4N3. The van der Waals surface area contributed by atoms with Gasteiger partial charge in [0.05, 0.1) is 11.3 Å². The molecule has 1 saturated heterocycles. The lowest BCUT2D eigenvalue weighted by molar-refractivity contribution is -0.137. The minimum absolute atomic E-state index is 0.208. The maximum Gasteiger partial charge on any atom is 0.416 e. The van der Waals surface area contributed by atoms with Gasteiger partial charge in [0.15, 0.2) is 0 Å². The Morgan fingerprint density at radius 1 is 0.871 bits per heavy atom. The van der Waals surface area contributed by atoms with E-state index >= 15 is 0 Å². The van der Waals surface area contributed by atoms with Gasteiger partial charge >= 0.3 is 6.18 Å². The van der Waals surface area contributed by atoms with Crippen molar-refractivity contribution in [3.8, 4) is 5.69 Å². The van der Waals surface area contributed by atoms with Crippen LogP contribution in [0.5, 0.6) is 0 Å². The maximum absolute atomic E-state index is 14.1. The topological polar surface area (TPSA) is 11.4 Å². The first-order chi connectivity index (χ1) is 14.7. The highest BCUT2D eigenvalue weighted by Crippen LogP contribution is 2.32. The number of piperazine rings is 1. The van der Waals surface area contributed by atoms with Gasteiger partial charge in [-0.15, -0.1) is 0 Å². The highest BCUT2D eigenvalue weighted by Gasteiger charge is 2.30. The van der Waals surface area contributed by atoms with Crippen molar-refractivity contribution >= 4 is 5.69 Å². The fourth-order valence-electron chi connectivity index (χ4n) is 4.30. The van der Waals surface area contributed by atoms with E-state index in [-0.39, 0.29) is 5.82 Å². The summed E-state index contributed by atoms with van der Waals surface area (Å²) < 4.78 is 55.3. The molecule has 0 aliphatic carbocycles. The van der Waals surface area contributed by atoms with Crippen LogP contribution in [0.25, 0.3) is 5.69 Å². The number of aryl methyl sites for hydroxylation is 1. The third-order valence-corrected chi connectivity index (χ3v) is 5.93. The molecule has 0 radical (unpaired) electrons. The average Bonchev–Trinajstić information content (AvgIpc) is 3.01. The first-order valence-corrected chi connectivity index (χ1v) is 10.3. The molecule has 3 aromatic rings. The molecule has 1 aliphatic heterocycles. The van der Waals surface area contributed by atoms with Crippen LogP contribution < -0.4 is 4.90 Å². The maximum atomic E-state index is 14.1. The number of halogens is 4. The Kier molecular flexibility index (Phi) is 5.79. The molecule has 0 N–H and O–H groups in total. The van der Waals surface area contributed by atoms with Crippen molar-refractivity contribution in [2.45, 2.75) is 26.6 Å². The highest BCUT2D eigenvalue weighted by molar-refractivity contribution is 5.48. The molecule has 0 unspecified atom stereocenters. The van der Waals surface area contributed by atoms with E-state index in [1.807, 2.05) is 30.5 Å². The number of para-hydroxylation sites is 1. The van der Waals surface area contributed by atoms with Gasteiger partial charge in [0.1, 0.15) is 5.82 Å². The average molecular weight is 431 g/mol. The Labute approximate surface area is 179 Å². The van der Waals surface area contributed by atoms with Crippen molar-refractivity contribution in [2.24, 2.45) is 0 Å². The zero-order valence-corrected chi connectivity index (χ0v) is 17.6. The molecule has 4 rings (SSSR count). The first kappa shape index (κ1) is 21.4. The second kappa shape index (κ2) is 8.38. The molecule has 7 heteroatoms. The predicted molar refractivity (Wildman–Crippen MR) is 114 cm³/mol. The van der Waals surface area contributed by atoms with Crippen LogP contribution in [-0.2, 0) is 12.7 Å². The monoisotopic (exact) mass is 431 g/mol. The summed E-state index contributed by atoms with van der Waals surface area (Å²) in [6.45, 7) is 7.61. The van der Waals surface area contributed by atoms with E-state index in [4.69, 9.17) is 0 Å². The molecule has 164 valence electrons. The van der Waals surface area contributed by atoms with Crippen LogP contribution in [0.2, 0.25) is 0 Å². The minimum Gasteiger partial charge on any atom is -0.367 e. The molecule has 0 saturated carbocycles. The SMILES string of the molecule is Cc1cc(CN2CCN(c3ccccc3F)CC2)c(C)n1-c1cccc(C(F)(F)F)c1. The van der Waals surface area contributed by atoms with Crippen LogP contribution >= 0.6 is 0 Å². The minimum atomic E-state index is -4.37. The number of hydrogen-bond donors (Lipinski definition) is 0. The van der Waals surface area contributed by atoms with Gasteiger partial charge < -0.3 is 9.47 Å². The summed E-state index contributed by atoms with van der Waals surface area (Å²) in [7, 11) is 0. The number of rotatable bonds is 4. The van der Waals surface area contributed by atoms with E-state index in [1.165, 1.54) is 18.2 Å². The van der Waals surface area contributed by atoms with Crippen molar-refractivity contribution in [1.82, 2.24) is 9.47 Å². The molecule has 1 aromatic heterocycles. The predicted octanol–water partition coefficient (Wildman–Crippen LogP) is 5.57. The van der Waals surface area contributed by atoms with Gasteiger partial charge in [0.25, 0.3) is 0 Å². The largest absolute Gasteiger partial charge is 0.416 e. The Hall–Kier alpha value is -2.80. The van der Waals surface area contributed by atoms with Crippen molar-refractivity contribution < 1.29 is 17.6 Å². The molecule has 3 nitrogen and oxygen atoms in total. The third kappa shape index (κ3) is 4.46. The van der Waals surface area contributed by atoms with Crippen molar-refractivity contribution in [1.29, 1.82) is 0 Å². The van der Waals surface area contributed by atoms with Crippen LogP contribution in [0.3, 0.4) is 0 Å². The number of anilines is 1. The molecule has 0 atom stereocenters. The van der Waals surface area contributed by atoms with E-state index < -0.39 is 11.7 Å². The van der Waals surface area contributed by atoms with E-state index in [0.717, 1.165) is 49.2 Å². The van der Waals surface area contributed by atoms with Gasteiger partial charge in [-0.2, -0.15) is 13.2 Å². The summed E-state index contributed by atoms with van der Waals surface area (Å²) >= 11 is 0. The summed E-state index contributed by atoms with van der Waals surface area (Å²) in [6, 6.07) is 14.3. The van der Waals surface area contributed by atoms with E-state index in [9.17, 15) is 17.6 Å². The molecule has 1 fully saturated rings. The lowest BCUT2D eigenvalue weighted by atomic mass is 10.1. The quantitative estimate of drug-likeness (QED) is 0.500. The van der Waals surface area contributed by atoms with Gasteiger partial charge in [-0.1, -0.05) is 18.2 Å². The second-order valence-corrected chi connectivity index (χ2v) is 7.99. The van der Waals surface area contributed by atoms with Crippen LogP contribution in [0.15, 0.2) is 54.6 Å². The Bertz CT molecular complexity index is 1060. The fraction of sp³-hybridized carbons (Fsp3) is 0.333. The third-order valence-electron chi connectivity index (χ3n) is 5.93. The van der Waals surface area contributed by atoms with Crippen LogP contribution in [0, 0.1) is 19.7 Å². The second-order valence-electron chi connectivity index (χ2n) is 7.99. The number of benzene rings is 2. The van der Waals surface area contributed by atoms with Crippen molar-refractivity contribution in [3.05, 3.63) is 82.9 Å². The summed E-state index contributed by atoms with van der Waals surface area (Å²) in [4.78, 5) is 4.35. The number of hydrogen-bond acceptors (Lipinski definition) is 2. The summed E-state index contributed by atoms with van der Waals surface area (Å²) in [6.07, 6.45) is -4.37. The summed E-state index contributed by atoms with van der Waals surface area (Å²) in [5.41, 5.74) is 3.42. The molecule has 31 heavy (non-hydrogen) atoms.